The van der Waals surface area contributed by atoms with E-state index < -0.39 is 0 Å². The first-order valence-corrected chi connectivity index (χ1v) is 8.24. The fraction of sp³-hybridized carbons (Fsp3) is 0.235. The van der Waals surface area contributed by atoms with Crippen molar-refractivity contribution in [3.63, 3.8) is 0 Å². The third-order valence-electron chi connectivity index (χ3n) is 3.16. The normalized spacial score (nSPS) is 10.1. The van der Waals surface area contributed by atoms with Gasteiger partial charge in [0.15, 0.2) is 5.13 Å². The number of hydrogen-bond acceptors (Lipinski definition) is 4. The monoisotopic (exact) mass is 329 g/mol. The fourth-order valence-corrected chi connectivity index (χ4v) is 2.75. The zero-order chi connectivity index (χ0) is 16.7. The van der Waals surface area contributed by atoms with Gasteiger partial charge in [0.1, 0.15) is 0 Å². The summed E-state index contributed by atoms with van der Waals surface area (Å²) < 4.78 is 0. The predicted molar refractivity (Wildman–Crippen MR) is 93.7 cm³/mol. The number of aromatic nitrogens is 1. The molecule has 2 amide bonds. The lowest BCUT2D eigenvalue weighted by molar-refractivity contribution is -0.118. The van der Waals surface area contributed by atoms with Crippen LogP contribution >= 0.6 is 11.3 Å². The number of hydrogen-bond donors (Lipinski definition) is 1. The molecule has 0 saturated carbocycles. The van der Waals surface area contributed by atoms with E-state index in [-0.39, 0.29) is 11.8 Å². The molecule has 0 aliphatic heterocycles. The van der Waals surface area contributed by atoms with Gasteiger partial charge < -0.3 is 5.32 Å². The molecule has 0 unspecified atom stereocenters. The van der Waals surface area contributed by atoms with E-state index in [0.717, 1.165) is 17.1 Å². The number of nitrogens with zero attached hydrogens (tertiary/aromatic N) is 2. The summed E-state index contributed by atoms with van der Waals surface area (Å²) in [6.45, 7) is 6.09. The molecule has 0 atom stereocenters. The summed E-state index contributed by atoms with van der Waals surface area (Å²) in [5.41, 5.74) is 1.57. The average Bonchev–Trinajstić information content (AvgIpc) is 3.08. The van der Waals surface area contributed by atoms with Crippen LogP contribution in [0.1, 0.15) is 18.9 Å². The van der Waals surface area contributed by atoms with Crippen LogP contribution in [0.4, 0.5) is 10.8 Å². The van der Waals surface area contributed by atoms with Crippen molar-refractivity contribution in [2.45, 2.75) is 19.8 Å². The van der Waals surface area contributed by atoms with Crippen molar-refractivity contribution >= 4 is 34.0 Å². The van der Waals surface area contributed by atoms with Crippen LogP contribution < -0.4 is 10.2 Å². The van der Waals surface area contributed by atoms with E-state index in [2.05, 4.69) is 16.9 Å². The van der Waals surface area contributed by atoms with Crippen molar-refractivity contribution in [1.82, 2.24) is 4.98 Å². The van der Waals surface area contributed by atoms with E-state index in [1.54, 1.807) is 23.2 Å². The molecule has 0 fully saturated rings. The van der Waals surface area contributed by atoms with Gasteiger partial charge in [-0.25, -0.2) is 4.98 Å². The van der Waals surface area contributed by atoms with Gasteiger partial charge in [-0.3, -0.25) is 14.5 Å². The largest absolute Gasteiger partial charge is 0.323 e. The second-order valence-corrected chi connectivity index (χ2v) is 5.80. The highest BCUT2D eigenvalue weighted by molar-refractivity contribution is 7.13. The number of amides is 2. The second-order valence-electron chi connectivity index (χ2n) is 4.93. The van der Waals surface area contributed by atoms with E-state index in [9.17, 15) is 9.59 Å². The highest BCUT2D eigenvalue weighted by atomic mass is 32.1. The Morgan fingerprint density at radius 2 is 2.09 bits per heavy atom. The maximum atomic E-state index is 12.5. The van der Waals surface area contributed by atoms with E-state index in [0.29, 0.717) is 18.7 Å². The lowest BCUT2D eigenvalue weighted by atomic mass is 10.1. The summed E-state index contributed by atoms with van der Waals surface area (Å²) in [7, 11) is 0. The first-order valence-electron chi connectivity index (χ1n) is 7.36. The van der Waals surface area contributed by atoms with Crippen molar-refractivity contribution in [1.29, 1.82) is 0 Å². The SMILES string of the molecule is C=CC(=O)Nc1ccc(CC(=O)N(CCC)c2nccs2)cc1. The summed E-state index contributed by atoms with van der Waals surface area (Å²) in [4.78, 5) is 29.7. The van der Waals surface area contributed by atoms with E-state index in [4.69, 9.17) is 0 Å². The maximum absolute atomic E-state index is 12.5. The molecule has 1 aromatic carbocycles. The van der Waals surface area contributed by atoms with Gasteiger partial charge in [0.05, 0.1) is 6.42 Å². The topological polar surface area (TPSA) is 62.3 Å². The summed E-state index contributed by atoms with van der Waals surface area (Å²) in [5.74, 6) is -0.239. The molecule has 1 aromatic heterocycles. The molecular formula is C17H19N3O2S. The predicted octanol–water partition coefficient (Wildman–Crippen LogP) is 3.25. The Morgan fingerprint density at radius 3 is 2.65 bits per heavy atom. The Morgan fingerprint density at radius 1 is 1.35 bits per heavy atom. The molecule has 5 nitrogen and oxygen atoms in total. The molecule has 0 radical (unpaired) electrons. The minimum absolute atomic E-state index is 0.0182. The number of carbonyl (C=O) groups is 2. The first kappa shape index (κ1) is 16.9. The average molecular weight is 329 g/mol. The number of nitrogens with one attached hydrogen (secondary N) is 1. The molecule has 1 heterocycles. The van der Waals surface area contributed by atoms with Crippen LogP contribution in [0.3, 0.4) is 0 Å². The summed E-state index contributed by atoms with van der Waals surface area (Å²) in [6, 6.07) is 7.22. The number of carbonyl (C=O) groups excluding carboxylic acids is 2. The van der Waals surface area contributed by atoms with Crippen LogP contribution in [0.5, 0.6) is 0 Å². The quantitative estimate of drug-likeness (QED) is 0.793. The van der Waals surface area contributed by atoms with Crippen LogP contribution in [-0.2, 0) is 16.0 Å². The van der Waals surface area contributed by atoms with E-state index >= 15 is 0 Å². The van der Waals surface area contributed by atoms with Gasteiger partial charge >= 0.3 is 0 Å². The van der Waals surface area contributed by atoms with Gasteiger partial charge in [0.25, 0.3) is 0 Å². The molecule has 0 spiro atoms. The van der Waals surface area contributed by atoms with Gasteiger partial charge in [-0.2, -0.15) is 0 Å². The van der Waals surface area contributed by atoms with Crippen molar-refractivity contribution in [2.75, 3.05) is 16.8 Å². The molecule has 1 N–H and O–H groups in total. The van der Waals surface area contributed by atoms with Crippen molar-refractivity contribution in [3.8, 4) is 0 Å². The molecule has 0 aliphatic rings. The standard InChI is InChI=1S/C17H19N3O2S/c1-3-10-20(17-18-9-11-23-17)16(22)12-13-5-7-14(8-6-13)19-15(21)4-2/h4-9,11H,2-3,10,12H2,1H3,(H,19,21). The smallest absolute Gasteiger partial charge is 0.247 e. The van der Waals surface area contributed by atoms with Crippen LogP contribution in [0, 0.1) is 0 Å². The van der Waals surface area contributed by atoms with Gasteiger partial charge in [0.2, 0.25) is 11.8 Å². The Hall–Kier alpha value is -2.47. The summed E-state index contributed by atoms with van der Waals surface area (Å²) >= 11 is 1.46. The minimum Gasteiger partial charge on any atom is -0.323 e. The molecule has 0 bridgehead atoms. The van der Waals surface area contributed by atoms with Gasteiger partial charge in [-0.15, -0.1) is 11.3 Å². The summed E-state index contributed by atoms with van der Waals surface area (Å²) in [6.07, 6.45) is 4.09. The lowest BCUT2D eigenvalue weighted by Gasteiger charge is -2.19. The molecule has 2 rings (SSSR count). The Bertz CT molecular complexity index is 666. The summed E-state index contributed by atoms with van der Waals surface area (Å²) in [5, 5.41) is 5.27. The first-order chi connectivity index (χ1) is 11.1. The van der Waals surface area contributed by atoms with Crippen LogP contribution in [0.25, 0.3) is 0 Å². The van der Waals surface area contributed by atoms with Crippen LogP contribution in [-0.4, -0.2) is 23.3 Å². The third kappa shape index (κ3) is 4.75. The zero-order valence-electron chi connectivity index (χ0n) is 13.0. The van der Waals surface area contributed by atoms with Crippen LogP contribution in [0.2, 0.25) is 0 Å². The van der Waals surface area contributed by atoms with Gasteiger partial charge in [-0.05, 0) is 30.2 Å². The molecule has 23 heavy (non-hydrogen) atoms. The molecule has 6 heteroatoms. The zero-order valence-corrected chi connectivity index (χ0v) is 13.8. The molecule has 0 aliphatic carbocycles. The Balaban J connectivity index is 2.03. The number of anilines is 2. The number of rotatable bonds is 7. The van der Waals surface area contributed by atoms with Gasteiger partial charge in [0, 0.05) is 23.8 Å². The molecule has 2 aromatic rings. The number of benzene rings is 1. The number of thiazole rings is 1. The lowest BCUT2D eigenvalue weighted by Crippen LogP contribution is -2.32. The van der Waals surface area contributed by atoms with Gasteiger partial charge in [-0.1, -0.05) is 25.6 Å². The minimum atomic E-state index is -0.258. The highest BCUT2D eigenvalue weighted by Gasteiger charge is 2.17. The highest BCUT2D eigenvalue weighted by Crippen LogP contribution is 2.19. The molecule has 120 valence electrons. The van der Waals surface area contributed by atoms with Crippen molar-refractivity contribution in [3.05, 3.63) is 54.1 Å². The fourth-order valence-electron chi connectivity index (χ4n) is 2.07. The second kappa shape index (κ2) is 8.24. The third-order valence-corrected chi connectivity index (χ3v) is 3.96. The Kier molecular flexibility index (Phi) is 6.05. The van der Waals surface area contributed by atoms with Crippen LogP contribution in [0.15, 0.2) is 48.5 Å². The van der Waals surface area contributed by atoms with E-state index in [1.165, 1.54) is 17.4 Å². The van der Waals surface area contributed by atoms with E-state index in [1.807, 2.05) is 24.4 Å². The molecule has 0 saturated heterocycles. The van der Waals surface area contributed by atoms with Crippen molar-refractivity contribution in [2.24, 2.45) is 0 Å². The molecular weight excluding hydrogens is 310 g/mol. The Labute approximate surface area is 139 Å². The maximum Gasteiger partial charge on any atom is 0.247 e. The van der Waals surface area contributed by atoms with Crippen molar-refractivity contribution < 1.29 is 9.59 Å².